The molecule has 0 fully saturated rings. The molecule has 0 aliphatic carbocycles. The van der Waals surface area contributed by atoms with Gasteiger partial charge in [-0.2, -0.15) is 0 Å². The van der Waals surface area contributed by atoms with Gasteiger partial charge in [0.15, 0.2) is 18.9 Å². The molecule has 0 amide bonds. The molecule has 282 valence electrons. The Balaban J connectivity index is 0.000000743. The van der Waals surface area contributed by atoms with Crippen molar-refractivity contribution >= 4 is 36.2 Å². The molecule has 0 atom stereocenters. The second-order valence-corrected chi connectivity index (χ2v) is 12.8. The van der Waals surface area contributed by atoms with E-state index < -0.39 is 0 Å². The summed E-state index contributed by atoms with van der Waals surface area (Å²) < 4.78 is 16.8. The fourth-order valence-electron chi connectivity index (χ4n) is 5.32. The molecular weight excluding hydrogens is 663 g/mol. The average Bonchev–Trinajstić information content (AvgIpc) is 3.17. The van der Waals surface area contributed by atoms with E-state index >= 15 is 0 Å². The summed E-state index contributed by atoms with van der Waals surface area (Å²) in [6.07, 6.45) is 25.0. The Morgan fingerprint density at radius 2 is 0.596 bits per heavy atom. The third-order valence-corrected chi connectivity index (χ3v) is 8.40. The summed E-state index contributed by atoms with van der Waals surface area (Å²) in [6, 6.07) is 22.1. The van der Waals surface area contributed by atoms with Gasteiger partial charge in [-0.25, -0.2) is 0 Å². The van der Waals surface area contributed by atoms with E-state index in [1.807, 2.05) is 54.6 Å². The number of benzene rings is 3. The van der Waals surface area contributed by atoms with Gasteiger partial charge < -0.3 is 14.2 Å². The molecule has 7 heteroatoms. The van der Waals surface area contributed by atoms with Crippen molar-refractivity contribution in [3.63, 3.8) is 0 Å². The minimum absolute atomic E-state index is 0. The van der Waals surface area contributed by atoms with E-state index in [0.29, 0.717) is 53.8 Å². The van der Waals surface area contributed by atoms with Crippen LogP contribution < -0.4 is 14.2 Å². The Kier molecular flexibility index (Phi) is 33.6. The average molecular weight is 730 g/mol. The van der Waals surface area contributed by atoms with E-state index in [9.17, 15) is 14.4 Å². The number of hydrogen-bond acceptors (Lipinski definition) is 6. The number of ether oxygens (including phenoxy) is 3. The molecular formula is C45H66AlO6+3. The SMILES string of the molecule is CCCCCCCCOc1ccccc1C=O.CCCCCCCCOc1ccccc1C=O.CCCCCCCCOc1ccccc1C=O.[Al+3]. The molecule has 52 heavy (non-hydrogen) atoms. The van der Waals surface area contributed by atoms with Crippen molar-refractivity contribution in [2.45, 2.75) is 136 Å². The number of aldehydes is 3. The summed E-state index contributed by atoms with van der Waals surface area (Å²) in [7, 11) is 0. The van der Waals surface area contributed by atoms with Gasteiger partial charge in [-0.15, -0.1) is 0 Å². The molecule has 0 aliphatic rings. The monoisotopic (exact) mass is 729 g/mol. The number of rotatable bonds is 27. The third kappa shape index (κ3) is 24.7. The molecule has 0 aliphatic heterocycles. The van der Waals surface area contributed by atoms with Crippen LogP contribution in [0.4, 0.5) is 0 Å². The molecule has 6 nitrogen and oxygen atoms in total. The Hall–Kier alpha value is -3.40. The molecule has 0 heterocycles. The summed E-state index contributed by atoms with van der Waals surface area (Å²) in [6.45, 7) is 8.78. The van der Waals surface area contributed by atoms with E-state index in [1.54, 1.807) is 18.2 Å². The first kappa shape index (κ1) is 48.6. The Bertz CT molecular complexity index is 1120. The predicted molar refractivity (Wildman–Crippen MR) is 218 cm³/mol. The summed E-state index contributed by atoms with van der Waals surface area (Å²) in [5, 5.41) is 0. The Labute approximate surface area is 326 Å². The van der Waals surface area contributed by atoms with Crippen molar-refractivity contribution in [3.8, 4) is 17.2 Å². The van der Waals surface area contributed by atoms with Crippen LogP contribution in [0.15, 0.2) is 72.8 Å². The maximum absolute atomic E-state index is 10.8. The van der Waals surface area contributed by atoms with E-state index in [0.717, 1.165) is 38.1 Å². The first-order chi connectivity index (χ1) is 25.1. The predicted octanol–water partition coefficient (Wildman–Crippen LogP) is 12.3. The molecule has 0 saturated heterocycles. The second kappa shape index (κ2) is 36.0. The number of carbonyl (C=O) groups excluding carboxylic acids is 3. The van der Waals surface area contributed by atoms with Gasteiger partial charge in [-0.05, 0) is 55.7 Å². The molecule has 0 unspecified atom stereocenters. The fourth-order valence-corrected chi connectivity index (χ4v) is 5.32. The third-order valence-electron chi connectivity index (χ3n) is 8.40. The van der Waals surface area contributed by atoms with E-state index in [2.05, 4.69) is 20.8 Å². The molecule has 0 spiro atoms. The zero-order valence-corrected chi connectivity index (χ0v) is 33.7. The normalized spacial score (nSPS) is 9.98. The molecule has 0 saturated carbocycles. The summed E-state index contributed by atoms with van der Waals surface area (Å²) in [5.41, 5.74) is 1.91. The van der Waals surface area contributed by atoms with E-state index in [1.165, 1.54) is 96.3 Å². The second-order valence-electron chi connectivity index (χ2n) is 12.8. The largest absolute Gasteiger partial charge is 3.00 e. The first-order valence-corrected chi connectivity index (χ1v) is 19.7. The number of carbonyl (C=O) groups is 3. The van der Waals surface area contributed by atoms with Crippen LogP contribution in [-0.4, -0.2) is 56.0 Å². The molecule has 3 rings (SSSR count). The summed E-state index contributed by atoms with van der Waals surface area (Å²) in [4.78, 5) is 32.3. The van der Waals surface area contributed by atoms with Crippen LogP contribution in [0, 0.1) is 0 Å². The van der Waals surface area contributed by atoms with Gasteiger partial charge in [0.1, 0.15) is 17.2 Å². The Morgan fingerprint density at radius 1 is 0.365 bits per heavy atom. The van der Waals surface area contributed by atoms with Crippen molar-refractivity contribution in [2.24, 2.45) is 0 Å². The van der Waals surface area contributed by atoms with E-state index in [4.69, 9.17) is 14.2 Å². The topological polar surface area (TPSA) is 78.9 Å². The molecule has 0 aromatic heterocycles. The maximum Gasteiger partial charge on any atom is 3.00 e. The van der Waals surface area contributed by atoms with Crippen LogP contribution in [0.3, 0.4) is 0 Å². The molecule has 0 radical (unpaired) electrons. The standard InChI is InChI=1S/3C15H22O2.Al/c3*1-2-3-4-5-6-9-12-17-15-11-8-7-10-14(15)13-16;/h3*7-8,10-11,13H,2-6,9,12H2,1H3;/q;;;+3. The number of para-hydroxylation sites is 3. The van der Waals surface area contributed by atoms with Crippen LogP contribution in [0.5, 0.6) is 17.2 Å². The van der Waals surface area contributed by atoms with Crippen molar-refractivity contribution in [1.82, 2.24) is 0 Å². The zero-order valence-electron chi connectivity index (χ0n) is 32.5. The minimum Gasteiger partial charge on any atom is -0.493 e. The molecule has 0 bridgehead atoms. The number of unbranched alkanes of at least 4 members (excludes halogenated alkanes) is 15. The van der Waals surface area contributed by atoms with Crippen molar-refractivity contribution in [3.05, 3.63) is 89.5 Å². The van der Waals surface area contributed by atoms with Crippen molar-refractivity contribution in [1.29, 1.82) is 0 Å². The first-order valence-electron chi connectivity index (χ1n) is 19.7. The zero-order chi connectivity index (χ0) is 37.0. The van der Waals surface area contributed by atoms with Crippen LogP contribution in [-0.2, 0) is 0 Å². The molecule has 3 aromatic carbocycles. The van der Waals surface area contributed by atoms with Crippen LogP contribution in [0.2, 0.25) is 0 Å². The van der Waals surface area contributed by atoms with Gasteiger partial charge in [0.2, 0.25) is 0 Å². The van der Waals surface area contributed by atoms with Gasteiger partial charge in [0.05, 0.1) is 36.5 Å². The molecule has 3 aromatic rings. The van der Waals surface area contributed by atoms with Gasteiger partial charge >= 0.3 is 17.4 Å². The van der Waals surface area contributed by atoms with Crippen LogP contribution in [0.25, 0.3) is 0 Å². The van der Waals surface area contributed by atoms with Gasteiger partial charge in [0.25, 0.3) is 0 Å². The quantitative estimate of drug-likeness (QED) is 0.0441. The van der Waals surface area contributed by atoms with Crippen molar-refractivity contribution < 1.29 is 28.6 Å². The summed E-state index contributed by atoms with van der Waals surface area (Å²) in [5.74, 6) is 2.11. The smallest absolute Gasteiger partial charge is 0.493 e. The Morgan fingerprint density at radius 3 is 0.846 bits per heavy atom. The van der Waals surface area contributed by atoms with E-state index in [-0.39, 0.29) is 17.4 Å². The van der Waals surface area contributed by atoms with Crippen LogP contribution >= 0.6 is 0 Å². The van der Waals surface area contributed by atoms with Gasteiger partial charge in [-0.3, -0.25) is 14.4 Å². The fraction of sp³-hybridized carbons (Fsp3) is 0.533. The molecule has 0 N–H and O–H groups in total. The van der Waals surface area contributed by atoms with Crippen LogP contribution in [0.1, 0.15) is 167 Å². The van der Waals surface area contributed by atoms with Gasteiger partial charge in [-0.1, -0.05) is 153 Å². The number of hydrogen-bond donors (Lipinski definition) is 0. The minimum atomic E-state index is 0. The van der Waals surface area contributed by atoms with Gasteiger partial charge in [0, 0.05) is 0 Å². The maximum atomic E-state index is 10.8. The summed E-state index contributed by atoms with van der Waals surface area (Å²) >= 11 is 0. The van der Waals surface area contributed by atoms with Crippen molar-refractivity contribution in [2.75, 3.05) is 19.8 Å².